The summed E-state index contributed by atoms with van der Waals surface area (Å²) in [5.41, 5.74) is -1.78. The van der Waals surface area contributed by atoms with Gasteiger partial charge in [0.25, 0.3) is 5.91 Å². The van der Waals surface area contributed by atoms with Crippen molar-refractivity contribution in [3.05, 3.63) is 10.4 Å². The number of β-lactam (4-membered cyclic amide) rings is 1. The van der Waals surface area contributed by atoms with Gasteiger partial charge in [-0.2, -0.15) is 0 Å². The first-order valence-electron chi connectivity index (χ1n) is 9.15. The average molecular weight is 466 g/mol. The van der Waals surface area contributed by atoms with E-state index in [1.807, 2.05) is 0 Å². The summed E-state index contributed by atoms with van der Waals surface area (Å²) >= 11 is 2.84. The van der Waals surface area contributed by atoms with Gasteiger partial charge >= 0.3 is 12.1 Å². The standard InChI is InChI=1S/C17H23NO8S3/c1-4-24-16(22)26-10(3)25-15(21)17(9(2)19)13(20)18-7-12(28-14(17)18)27-11-5-6-29(23)8-11/h7,9-11,14,19H,4-6,8H2,1-3H3/t9-,10?,11+,14-,17?,29-/m1/s1. The number of aliphatic hydroxyl groups is 1. The number of aliphatic hydroxyl groups excluding tert-OH is 1. The second-order valence-corrected chi connectivity index (χ2v) is 11.1. The molecule has 6 atom stereocenters. The summed E-state index contributed by atoms with van der Waals surface area (Å²) in [6.45, 7) is 4.39. The van der Waals surface area contributed by atoms with Gasteiger partial charge in [-0.3, -0.25) is 13.8 Å². The van der Waals surface area contributed by atoms with Crippen LogP contribution in [-0.2, 0) is 34.6 Å². The largest absolute Gasteiger partial charge is 0.511 e. The zero-order valence-corrected chi connectivity index (χ0v) is 18.6. The molecule has 2 fully saturated rings. The smallest absolute Gasteiger partial charge is 0.435 e. The Morgan fingerprint density at radius 3 is 2.76 bits per heavy atom. The Hall–Kier alpha value is -1.24. The van der Waals surface area contributed by atoms with Crippen molar-refractivity contribution in [2.75, 3.05) is 18.1 Å². The minimum Gasteiger partial charge on any atom is -0.435 e. The first-order chi connectivity index (χ1) is 13.7. The summed E-state index contributed by atoms with van der Waals surface area (Å²) in [6.07, 6.45) is -1.08. The number of thioether (sulfide) groups is 2. The predicted octanol–water partition coefficient (Wildman–Crippen LogP) is 1.38. The highest BCUT2D eigenvalue weighted by atomic mass is 32.2. The fourth-order valence-electron chi connectivity index (χ4n) is 3.36. The number of esters is 1. The van der Waals surface area contributed by atoms with Crippen LogP contribution < -0.4 is 0 Å². The maximum Gasteiger partial charge on any atom is 0.511 e. The van der Waals surface area contributed by atoms with Gasteiger partial charge in [0, 0.05) is 40.7 Å². The van der Waals surface area contributed by atoms with Crippen LogP contribution in [0.1, 0.15) is 27.2 Å². The Balaban J connectivity index is 1.67. The molecule has 0 aliphatic carbocycles. The number of rotatable bonds is 7. The molecule has 29 heavy (non-hydrogen) atoms. The maximum absolute atomic E-state index is 12.8. The third-order valence-electron chi connectivity index (χ3n) is 4.82. The predicted molar refractivity (Wildman–Crippen MR) is 108 cm³/mol. The van der Waals surface area contributed by atoms with E-state index in [9.17, 15) is 23.7 Å². The average Bonchev–Trinajstić information content (AvgIpc) is 3.19. The number of hydrogen-bond acceptors (Lipinski definition) is 10. The lowest BCUT2D eigenvalue weighted by Crippen LogP contribution is -2.72. The van der Waals surface area contributed by atoms with Crippen LogP contribution in [0.2, 0.25) is 0 Å². The SMILES string of the molecule is CCOC(=O)OC(C)OC(=O)C1([C@@H](C)O)C(=O)N2C=C(S[C@H]3CC[S@@](=O)C3)S[C@@H]21. The quantitative estimate of drug-likeness (QED) is 0.256. The van der Waals surface area contributed by atoms with E-state index in [1.54, 1.807) is 13.1 Å². The van der Waals surface area contributed by atoms with E-state index < -0.39 is 52.0 Å². The summed E-state index contributed by atoms with van der Waals surface area (Å²) < 4.78 is 27.0. The van der Waals surface area contributed by atoms with Crippen LogP contribution in [0.4, 0.5) is 4.79 Å². The second-order valence-electron chi connectivity index (χ2n) is 6.79. The summed E-state index contributed by atoms with van der Waals surface area (Å²) in [5.74, 6) is -0.245. The van der Waals surface area contributed by atoms with Crippen molar-refractivity contribution in [3.8, 4) is 0 Å². The maximum atomic E-state index is 12.8. The number of carbonyl (C=O) groups excluding carboxylic acids is 3. The Bertz CT molecular complexity index is 757. The summed E-state index contributed by atoms with van der Waals surface area (Å²) in [5, 5.41) is 9.89. The van der Waals surface area contributed by atoms with E-state index in [4.69, 9.17) is 9.47 Å². The molecule has 1 amide bonds. The molecule has 0 bridgehead atoms. The molecule has 3 aliphatic rings. The molecule has 0 radical (unpaired) electrons. The van der Waals surface area contributed by atoms with E-state index in [0.717, 1.165) is 10.7 Å². The number of carbonyl (C=O) groups is 3. The Morgan fingerprint density at radius 2 is 2.17 bits per heavy atom. The molecule has 2 saturated heterocycles. The highest BCUT2D eigenvalue weighted by Crippen LogP contribution is 2.58. The van der Waals surface area contributed by atoms with Crippen LogP contribution in [0.5, 0.6) is 0 Å². The molecule has 3 rings (SSSR count). The number of nitrogens with zero attached hydrogens (tertiary/aromatic N) is 1. The molecular weight excluding hydrogens is 442 g/mol. The van der Waals surface area contributed by atoms with Crippen LogP contribution in [0.15, 0.2) is 10.4 Å². The van der Waals surface area contributed by atoms with Crippen molar-refractivity contribution >= 4 is 52.4 Å². The normalized spacial score (nSPS) is 32.7. The van der Waals surface area contributed by atoms with E-state index in [2.05, 4.69) is 4.74 Å². The van der Waals surface area contributed by atoms with Crippen molar-refractivity contribution in [2.24, 2.45) is 5.41 Å². The van der Waals surface area contributed by atoms with Crippen LogP contribution >= 0.6 is 23.5 Å². The van der Waals surface area contributed by atoms with E-state index in [0.29, 0.717) is 11.5 Å². The van der Waals surface area contributed by atoms with Gasteiger partial charge in [0.15, 0.2) is 0 Å². The van der Waals surface area contributed by atoms with Gasteiger partial charge in [0.1, 0.15) is 5.37 Å². The zero-order chi connectivity index (χ0) is 21.3. The molecule has 0 saturated carbocycles. The van der Waals surface area contributed by atoms with Gasteiger partial charge in [-0.1, -0.05) is 11.8 Å². The first kappa shape index (κ1) is 22.4. The molecule has 2 unspecified atom stereocenters. The van der Waals surface area contributed by atoms with Crippen molar-refractivity contribution in [2.45, 2.75) is 50.2 Å². The molecule has 1 N–H and O–H groups in total. The number of ether oxygens (including phenoxy) is 3. The topological polar surface area (TPSA) is 119 Å². The third kappa shape index (κ3) is 4.17. The molecule has 162 valence electrons. The second kappa shape index (κ2) is 8.86. The molecule has 0 spiro atoms. The van der Waals surface area contributed by atoms with Crippen molar-refractivity contribution in [1.29, 1.82) is 0 Å². The van der Waals surface area contributed by atoms with Crippen molar-refractivity contribution < 1.29 is 37.9 Å². The lowest BCUT2D eigenvalue weighted by molar-refractivity contribution is -0.203. The highest BCUT2D eigenvalue weighted by molar-refractivity contribution is 8.23. The lowest BCUT2D eigenvalue weighted by Gasteiger charge is -2.50. The summed E-state index contributed by atoms with van der Waals surface area (Å²) in [6, 6.07) is 0. The minimum atomic E-state index is -1.78. The molecule has 0 aromatic rings. The summed E-state index contributed by atoms with van der Waals surface area (Å²) in [7, 11) is -0.809. The molecule has 12 heteroatoms. The Morgan fingerprint density at radius 1 is 1.45 bits per heavy atom. The highest BCUT2D eigenvalue weighted by Gasteiger charge is 2.71. The minimum absolute atomic E-state index is 0.101. The molecular formula is C17H23NO8S3. The van der Waals surface area contributed by atoms with Gasteiger partial charge in [-0.05, 0) is 20.3 Å². The number of fused-ring (bicyclic) bond motifs is 1. The van der Waals surface area contributed by atoms with Gasteiger partial charge in [0.2, 0.25) is 11.7 Å². The molecule has 0 aromatic heterocycles. The van der Waals surface area contributed by atoms with Crippen LogP contribution in [-0.4, -0.2) is 73.4 Å². The molecule has 0 aromatic carbocycles. The van der Waals surface area contributed by atoms with Gasteiger partial charge in [-0.25, -0.2) is 4.79 Å². The van der Waals surface area contributed by atoms with Crippen molar-refractivity contribution in [3.63, 3.8) is 0 Å². The third-order valence-corrected chi connectivity index (χ3v) is 9.31. The molecule has 3 heterocycles. The van der Waals surface area contributed by atoms with Crippen LogP contribution in [0.25, 0.3) is 0 Å². The monoisotopic (exact) mass is 465 g/mol. The zero-order valence-electron chi connectivity index (χ0n) is 16.2. The number of hydrogen-bond donors (Lipinski definition) is 1. The van der Waals surface area contributed by atoms with Gasteiger partial charge in [-0.15, -0.1) is 11.8 Å². The fraction of sp³-hybridized carbons (Fsp3) is 0.706. The van der Waals surface area contributed by atoms with E-state index in [1.165, 1.54) is 42.3 Å². The van der Waals surface area contributed by atoms with Crippen molar-refractivity contribution in [1.82, 2.24) is 4.90 Å². The number of amides is 1. The van der Waals surface area contributed by atoms with Crippen LogP contribution in [0.3, 0.4) is 0 Å². The lowest BCUT2D eigenvalue weighted by atomic mass is 9.74. The Kier molecular flexibility index (Phi) is 6.86. The molecule has 3 aliphatic heterocycles. The van der Waals surface area contributed by atoms with E-state index >= 15 is 0 Å². The van der Waals surface area contributed by atoms with Gasteiger partial charge in [0.05, 0.1) is 16.9 Å². The van der Waals surface area contributed by atoms with Gasteiger partial charge < -0.3 is 24.2 Å². The van der Waals surface area contributed by atoms with Crippen LogP contribution in [0, 0.1) is 5.41 Å². The first-order valence-corrected chi connectivity index (χ1v) is 12.4. The van der Waals surface area contributed by atoms with E-state index in [-0.39, 0.29) is 11.9 Å². The fourth-order valence-corrected chi connectivity index (χ4v) is 8.42. The summed E-state index contributed by atoms with van der Waals surface area (Å²) in [4.78, 5) is 38.4. The molecule has 9 nitrogen and oxygen atoms in total. The Labute approximate surface area is 179 Å².